The van der Waals surface area contributed by atoms with Crippen LogP contribution in [0.4, 0.5) is 0 Å². The maximum absolute atomic E-state index is 11.3. The Bertz CT molecular complexity index is 255. The van der Waals surface area contributed by atoms with E-state index in [-0.39, 0.29) is 7.58 Å². The van der Waals surface area contributed by atoms with Gasteiger partial charge in [0.05, 0.1) is 7.11 Å². The zero-order chi connectivity index (χ0) is 11.2. The van der Waals surface area contributed by atoms with Gasteiger partial charge in [0.25, 0.3) is 0 Å². The van der Waals surface area contributed by atoms with Crippen LogP contribution in [0, 0.1) is 0 Å². The fourth-order valence-corrected chi connectivity index (χ4v) is 0.866. The van der Waals surface area contributed by atoms with Gasteiger partial charge in [-0.3, -0.25) is 0 Å². The molecular formula is C10H20NO4+. The van der Waals surface area contributed by atoms with Crippen molar-refractivity contribution in [2.45, 2.75) is 32.8 Å². The van der Waals surface area contributed by atoms with Crippen LogP contribution in [0.2, 0.25) is 0 Å². The standard InChI is InChI=1S/C10H16O4.H3N/c1-5-7-8(11)14-10(3,6-2)9(12)13-4;/h5,7H,6H2,1-4H3;1H3/p+1. The molecule has 5 nitrogen and oxygen atoms in total. The third-order valence-corrected chi connectivity index (χ3v) is 1.92. The van der Waals surface area contributed by atoms with Crippen molar-refractivity contribution in [3.63, 3.8) is 0 Å². The molecule has 1 atom stereocenters. The molecule has 0 aliphatic rings. The summed E-state index contributed by atoms with van der Waals surface area (Å²) in [7, 11) is 1.26. The predicted octanol–water partition coefficient (Wildman–Crippen LogP) is 1.72. The first kappa shape index (κ1) is 16.1. The van der Waals surface area contributed by atoms with E-state index in [1.807, 2.05) is 0 Å². The number of methoxy groups -OCH3 is 1. The van der Waals surface area contributed by atoms with E-state index in [9.17, 15) is 9.59 Å². The summed E-state index contributed by atoms with van der Waals surface area (Å²) in [6.45, 7) is 4.97. The summed E-state index contributed by atoms with van der Waals surface area (Å²) in [5, 5.41) is 0. The SMILES string of the molecule is CC=CC(=O)OC(C)(CC)C(=O)OC.N.[H+]. The van der Waals surface area contributed by atoms with Crippen LogP contribution in [0.15, 0.2) is 12.2 Å². The fourth-order valence-electron chi connectivity index (χ4n) is 0.866. The molecule has 0 saturated heterocycles. The van der Waals surface area contributed by atoms with Crippen molar-refractivity contribution in [1.29, 1.82) is 0 Å². The van der Waals surface area contributed by atoms with Crippen LogP contribution in [0.5, 0.6) is 0 Å². The zero-order valence-corrected chi connectivity index (χ0v) is 9.70. The summed E-state index contributed by atoms with van der Waals surface area (Å²) >= 11 is 0. The normalized spacial score (nSPS) is 13.9. The molecule has 0 radical (unpaired) electrons. The molecule has 1 unspecified atom stereocenters. The lowest BCUT2D eigenvalue weighted by molar-refractivity contribution is -0.176. The molecule has 0 aliphatic carbocycles. The van der Waals surface area contributed by atoms with E-state index in [1.165, 1.54) is 20.1 Å². The second-order valence-corrected chi connectivity index (χ2v) is 3.00. The minimum Gasteiger partial charge on any atom is -0.466 e. The molecule has 0 bridgehead atoms. The molecule has 0 saturated carbocycles. The first-order chi connectivity index (χ1) is 6.50. The number of carbonyl (C=O) groups is 2. The molecule has 0 amide bonds. The summed E-state index contributed by atoms with van der Waals surface area (Å²) in [6.07, 6.45) is 3.19. The van der Waals surface area contributed by atoms with Gasteiger partial charge in [-0.25, -0.2) is 9.59 Å². The van der Waals surface area contributed by atoms with Crippen LogP contribution in [0.1, 0.15) is 28.6 Å². The van der Waals surface area contributed by atoms with Gasteiger partial charge in [-0.15, -0.1) is 0 Å². The van der Waals surface area contributed by atoms with Crippen molar-refractivity contribution in [3.8, 4) is 0 Å². The van der Waals surface area contributed by atoms with Gasteiger partial charge < -0.3 is 15.6 Å². The lowest BCUT2D eigenvalue weighted by Crippen LogP contribution is -2.40. The Morgan fingerprint density at radius 3 is 2.33 bits per heavy atom. The maximum Gasteiger partial charge on any atom is 1.00 e. The molecule has 88 valence electrons. The van der Waals surface area contributed by atoms with E-state index in [4.69, 9.17) is 4.74 Å². The second-order valence-electron chi connectivity index (χ2n) is 3.00. The quantitative estimate of drug-likeness (QED) is 0.573. The van der Waals surface area contributed by atoms with Crippen molar-refractivity contribution in [3.05, 3.63) is 12.2 Å². The number of esters is 2. The summed E-state index contributed by atoms with van der Waals surface area (Å²) < 4.78 is 9.52. The minimum atomic E-state index is -1.19. The van der Waals surface area contributed by atoms with Gasteiger partial charge in [0.2, 0.25) is 5.60 Å². The number of rotatable bonds is 4. The van der Waals surface area contributed by atoms with Gasteiger partial charge in [-0.2, -0.15) is 0 Å². The molecule has 0 spiro atoms. The Hall–Kier alpha value is -1.36. The van der Waals surface area contributed by atoms with E-state index in [0.29, 0.717) is 6.42 Å². The van der Waals surface area contributed by atoms with Crippen LogP contribution in [-0.2, 0) is 19.1 Å². The van der Waals surface area contributed by atoms with Gasteiger partial charge >= 0.3 is 13.4 Å². The van der Waals surface area contributed by atoms with Crippen molar-refractivity contribution in [2.24, 2.45) is 0 Å². The van der Waals surface area contributed by atoms with Crippen LogP contribution in [0.3, 0.4) is 0 Å². The smallest absolute Gasteiger partial charge is 0.466 e. The van der Waals surface area contributed by atoms with Gasteiger partial charge in [0.1, 0.15) is 0 Å². The summed E-state index contributed by atoms with van der Waals surface area (Å²) in [5.41, 5.74) is -1.19. The molecule has 15 heavy (non-hydrogen) atoms. The van der Waals surface area contributed by atoms with E-state index < -0.39 is 17.5 Å². The first-order valence-corrected chi connectivity index (χ1v) is 4.44. The molecule has 0 rings (SSSR count). The van der Waals surface area contributed by atoms with E-state index in [1.54, 1.807) is 19.9 Å². The molecule has 0 aromatic rings. The lowest BCUT2D eigenvalue weighted by Gasteiger charge is -2.24. The Labute approximate surface area is 91.5 Å². The molecule has 0 fully saturated rings. The minimum absolute atomic E-state index is 0. The van der Waals surface area contributed by atoms with Gasteiger partial charge in [0, 0.05) is 6.08 Å². The molecular weight excluding hydrogens is 198 g/mol. The van der Waals surface area contributed by atoms with E-state index in [0.717, 1.165) is 0 Å². The molecule has 5 heteroatoms. The highest BCUT2D eigenvalue weighted by Gasteiger charge is 2.36. The van der Waals surface area contributed by atoms with Crippen LogP contribution >= 0.6 is 0 Å². The Morgan fingerprint density at radius 1 is 1.47 bits per heavy atom. The molecule has 0 aromatic heterocycles. The monoisotopic (exact) mass is 218 g/mol. The number of carbonyl (C=O) groups excluding carboxylic acids is 2. The maximum atomic E-state index is 11.3. The van der Waals surface area contributed by atoms with Crippen LogP contribution in [0.25, 0.3) is 0 Å². The average Bonchev–Trinajstić information content (AvgIpc) is 2.16. The number of hydrogen-bond acceptors (Lipinski definition) is 5. The largest absolute Gasteiger partial charge is 1.00 e. The van der Waals surface area contributed by atoms with Crippen molar-refractivity contribution in [2.75, 3.05) is 7.11 Å². The molecule has 0 aromatic carbocycles. The average molecular weight is 218 g/mol. The predicted molar refractivity (Wildman–Crippen MR) is 57.8 cm³/mol. The van der Waals surface area contributed by atoms with Crippen LogP contribution < -0.4 is 6.15 Å². The Balaban J connectivity index is -0.000000845. The fraction of sp³-hybridized carbons (Fsp3) is 0.600. The Morgan fingerprint density at radius 2 is 2.00 bits per heavy atom. The van der Waals surface area contributed by atoms with Gasteiger partial charge in [0.15, 0.2) is 0 Å². The van der Waals surface area contributed by atoms with Crippen molar-refractivity contribution in [1.82, 2.24) is 6.15 Å². The molecule has 0 aliphatic heterocycles. The third-order valence-electron chi connectivity index (χ3n) is 1.92. The zero-order valence-electron chi connectivity index (χ0n) is 10.7. The van der Waals surface area contributed by atoms with Crippen molar-refractivity contribution >= 4 is 11.9 Å². The number of ether oxygens (including phenoxy) is 2. The topological polar surface area (TPSA) is 87.6 Å². The summed E-state index contributed by atoms with van der Waals surface area (Å²) in [4.78, 5) is 22.4. The highest BCUT2D eigenvalue weighted by atomic mass is 16.6. The first-order valence-electron chi connectivity index (χ1n) is 4.44. The summed E-state index contributed by atoms with van der Waals surface area (Å²) in [6, 6.07) is 0. The van der Waals surface area contributed by atoms with E-state index in [2.05, 4.69) is 4.74 Å². The van der Waals surface area contributed by atoms with Gasteiger partial charge in [-0.05, 0) is 20.3 Å². The Kier molecular flexibility index (Phi) is 7.51. The molecule has 0 heterocycles. The lowest BCUT2D eigenvalue weighted by atomic mass is 10.0. The van der Waals surface area contributed by atoms with Gasteiger partial charge in [-0.1, -0.05) is 13.0 Å². The summed E-state index contributed by atoms with van der Waals surface area (Å²) in [5.74, 6) is -1.08. The second kappa shape index (κ2) is 7.00. The highest BCUT2D eigenvalue weighted by molar-refractivity contribution is 5.87. The van der Waals surface area contributed by atoms with Crippen molar-refractivity contribution < 1.29 is 20.5 Å². The third kappa shape index (κ3) is 4.60. The number of hydrogen-bond donors (Lipinski definition) is 1. The van der Waals surface area contributed by atoms with E-state index >= 15 is 0 Å². The highest BCUT2D eigenvalue weighted by Crippen LogP contribution is 2.17. The van der Waals surface area contributed by atoms with Crippen LogP contribution in [-0.4, -0.2) is 24.6 Å². The molecule has 3 N–H and O–H groups in total. The number of allylic oxidation sites excluding steroid dienone is 1.